The molecule has 2 bridgehead atoms. The van der Waals surface area contributed by atoms with E-state index in [1.54, 1.807) is 7.11 Å². The summed E-state index contributed by atoms with van der Waals surface area (Å²) in [5.41, 5.74) is 2.75. The van der Waals surface area contributed by atoms with E-state index in [9.17, 15) is 4.79 Å². The Bertz CT molecular complexity index is 825. The summed E-state index contributed by atoms with van der Waals surface area (Å²) in [6, 6.07) is 6.25. The van der Waals surface area contributed by atoms with Crippen LogP contribution in [0.15, 0.2) is 18.2 Å². The predicted molar refractivity (Wildman–Crippen MR) is 97.8 cm³/mol. The number of methoxy groups -OCH3 is 2. The molecule has 5 heteroatoms. The quantitative estimate of drug-likeness (QED) is 0.776. The van der Waals surface area contributed by atoms with Crippen molar-refractivity contribution < 1.29 is 14.3 Å². The fourth-order valence-electron chi connectivity index (χ4n) is 7.73. The summed E-state index contributed by atoms with van der Waals surface area (Å²) in [7, 11) is 3.23. The molecule has 3 heterocycles. The molecule has 1 aromatic rings. The number of ether oxygens (including phenoxy) is 2. The molecule has 0 N–H and O–H groups in total. The minimum atomic E-state index is -0.196. The first-order valence-corrected chi connectivity index (χ1v) is 9.95. The van der Waals surface area contributed by atoms with Crippen molar-refractivity contribution >= 4 is 11.8 Å². The number of fused-ring (bicyclic) bond motifs is 1. The van der Waals surface area contributed by atoms with Gasteiger partial charge in [-0.25, -0.2) is 4.79 Å². The fourth-order valence-corrected chi connectivity index (χ4v) is 7.73. The van der Waals surface area contributed by atoms with Crippen molar-refractivity contribution in [1.29, 1.82) is 0 Å². The van der Waals surface area contributed by atoms with Crippen LogP contribution in [0.2, 0.25) is 0 Å². The van der Waals surface area contributed by atoms with Crippen molar-refractivity contribution in [3.05, 3.63) is 23.8 Å². The standard InChI is InChI=1S/C21H26N2O3/c1-25-14-4-5-16-15(12-14)20-13-19-7-3-10-22(19)11-9-21(20,17(20)6-8-19)23(16)18(24)26-2/h4-5,12,17H,3,6-11,13H2,1-2H3/t17-,19+,20-,21+/m1/s1. The summed E-state index contributed by atoms with van der Waals surface area (Å²) >= 11 is 0. The minimum Gasteiger partial charge on any atom is -0.497 e. The van der Waals surface area contributed by atoms with Gasteiger partial charge in [-0.2, -0.15) is 0 Å². The van der Waals surface area contributed by atoms with E-state index in [4.69, 9.17) is 9.47 Å². The first-order valence-electron chi connectivity index (χ1n) is 9.95. The molecule has 5 aliphatic rings. The maximum Gasteiger partial charge on any atom is 0.414 e. The summed E-state index contributed by atoms with van der Waals surface area (Å²) < 4.78 is 10.8. The highest BCUT2D eigenvalue weighted by molar-refractivity contribution is 5.97. The highest BCUT2D eigenvalue weighted by atomic mass is 16.5. The monoisotopic (exact) mass is 354 g/mol. The van der Waals surface area contributed by atoms with Gasteiger partial charge in [0, 0.05) is 17.5 Å². The van der Waals surface area contributed by atoms with E-state index in [0.717, 1.165) is 24.4 Å². The number of amides is 1. The Morgan fingerprint density at radius 1 is 1.19 bits per heavy atom. The second kappa shape index (κ2) is 4.56. The average molecular weight is 354 g/mol. The topological polar surface area (TPSA) is 42.0 Å². The minimum absolute atomic E-state index is 0.0807. The van der Waals surface area contributed by atoms with E-state index in [-0.39, 0.29) is 17.0 Å². The molecule has 0 radical (unpaired) electrons. The molecule has 2 spiro atoms. The van der Waals surface area contributed by atoms with Crippen LogP contribution in [-0.2, 0) is 10.2 Å². The molecule has 4 fully saturated rings. The molecule has 26 heavy (non-hydrogen) atoms. The van der Waals surface area contributed by atoms with Crippen LogP contribution in [0.3, 0.4) is 0 Å². The van der Waals surface area contributed by atoms with Crippen LogP contribution >= 0.6 is 0 Å². The maximum atomic E-state index is 12.9. The number of hydrogen-bond acceptors (Lipinski definition) is 4. The Balaban J connectivity index is 1.59. The molecule has 1 amide bonds. The van der Waals surface area contributed by atoms with Crippen LogP contribution in [0.5, 0.6) is 5.75 Å². The summed E-state index contributed by atoms with van der Waals surface area (Å²) in [5.74, 6) is 1.47. The lowest BCUT2D eigenvalue weighted by Gasteiger charge is -2.44. The van der Waals surface area contributed by atoms with Gasteiger partial charge in [0.1, 0.15) is 5.75 Å². The van der Waals surface area contributed by atoms with E-state index < -0.39 is 0 Å². The lowest BCUT2D eigenvalue weighted by atomic mass is 9.71. The Morgan fingerprint density at radius 3 is 2.88 bits per heavy atom. The highest BCUT2D eigenvalue weighted by Gasteiger charge is 2.87. The molecule has 3 aliphatic heterocycles. The van der Waals surface area contributed by atoms with Gasteiger partial charge in [-0.3, -0.25) is 9.80 Å². The van der Waals surface area contributed by atoms with Gasteiger partial charge in [0.15, 0.2) is 0 Å². The van der Waals surface area contributed by atoms with Crippen molar-refractivity contribution in [3.63, 3.8) is 0 Å². The zero-order valence-corrected chi connectivity index (χ0v) is 15.6. The number of hydrogen-bond donors (Lipinski definition) is 0. The molecule has 6 rings (SSSR count). The Morgan fingerprint density at radius 2 is 2.08 bits per heavy atom. The highest BCUT2D eigenvalue weighted by Crippen LogP contribution is 2.81. The van der Waals surface area contributed by atoms with Gasteiger partial charge in [0.2, 0.25) is 0 Å². The number of benzene rings is 1. The summed E-state index contributed by atoms with van der Waals surface area (Å²) in [4.78, 5) is 17.7. The number of anilines is 1. The van der Waals surface area contributed by atoms with Crippen LogP contribution in [0.1, 0.15) is 44.1 Å². The van der Waals surface area contributed by atoms with Crippen molar-refractivity contribution in [3.8, 4) is 5.75 Å². The normalized spacial score (nSPS) is 41.8. The summed E-state index contributed by atoms with van der Waals surface area (Å²) in [6.07, 6.45) is 7.20. The molecule has 2 saturated carbocycles. The maximum absolute atomic E-state index is 12.9. The molecule has 138 valence electrons. The van der Waals surface area contributed by atoms with E-state index in [1.165, 1.54) is 51.3 Å². The first-order chi connectivity index (χ1) is 12.6. The lowest BCUT2D eigenvalue weighted by Crippen LogP contribution is -2.49. The number of carbonyl (C=O) groups excluding carboxylic acids is 1. The molecule has 2 saturated heterocycles. The van der Waals surface area contributed by atoms with Crippen LogP contribution in [0.25, 0.3) is 0 Å². The van der Waals surface area contributed by atoms with Gasteiger partial charge in [-0.15, -0.1) is 0 Å². The second-order valence-corrected chi connectivity index (χ2v) is 8.92. The number of rotatable bonds is 1. The van der Waals surface area contributed by atoms with E-state index in [2.05, 4.69) is 17.0 Å². The smallest absolute Gasteiger partial charge is 0.414 e. The first kappa shape index (κ1) is 15.3. The van der Waals surface area contributed by atoms with E-state index >= 15 is 0 Å². The van der Waals surface area contributed by atoms with Gasteiger partial charge in [0.05, 0.1) is 25.4 Å². The molecular formula is C21H26N2O3. The van der Waals surface area contributed by atoms with Crippen LogP contribution in [-0.4, -0.2) is 49.4 Å². The van der Waals surface area contributed by atoms with Gasteiger partial charge < -0.3 is 9.47 Å². The largest absolute Gasteiger partial charge is 0.497 e. The van der Waals surface area contributed by atoms with Crippen molar-refractivity contribution in [1.82, 2.24) is 4.90 Å². The fraction of sp³-hybridized carbons (Fsp3) is 0.667. The zero-order chi connectivity index (χ0) is 17.7. The van der Waals surface area contributed by atoms with Gasteiger partial charge in [-0.1, -0.05) is 0 Å². The Hall–Kier alpha value is -1.75. The Labute approximate surface area is 154 Å². The van der Waals surface area contributed by atoms with Crippen LogP contribution in [0.4, 0.5) is 10.5 Å². The Kier molecular flexibility index (Phi) is 2.69. The third kappa shape index (κ3) is 1.38. The number of carbonyl (C=O) groups is 1. The lowest BCUT2D eigenvalue weighted by molar-refractivity contribution is 0.0819. The zero-order valence-electron chi connectivity index (χ0n) is 15.6. The average Bonchev–Trinajstić information content (AvgIpc) is 2.96. The SMILES string of the molecule is COC(=O)N1c2ccc(OC)cc2[C@@]23C[C@@]45CCCN4CC[C@@]12[C@@H]3CC5. The number of nitrogens with zero attached hydrogens (tertiary/aromatic N) is 2. The molecule has 5 nitrogen and oxygen atoms in total. The third-order valence-electron chi connectivity index (χ3n) is 8.55. The summed E-state index contributed by atoms with van der Waals surface area (Å²) in [5, 5.41) is 0. The molecule has 1 aromatic carbocycles. The van der Waals surface area contributed by atoms with Crippen LogP contribution < -0.4 is 9.64 Å². The summed E-state index contributed by atoms with van der Waals surface area (Å²) in [6.45, 7) is 2.33. The van der Waals surface area contributed by atoms with Gasteiger partial charge in [-0.05, 0) is 74.8 Å². The van der Waals surface area contributed by atoms with Crippen molar-refractivity contribution in [2.45, 2.75) is 55.0 Å². The third-order valence-corrected chi connectivity index (χ3v) is 8.55. The van der Waals surface area contributed by atoms with Gasteiger partial charge >= 0.3 is 6.09 Å². The predicted octanol–water partition coefficient (Wildman–Crippen LogP) is 3.31. The van der Waals surface area contributed by atoms with E-state index in [0.29, 0.717) is 11.5 Å². The molecule has 0 aromatic heterocycles. The molecule has 4 atom stereocenters. The second-order valence-electron chi connectivity index (χ2n) is 8.92. The van der Waals surface area contributed by atoms with Crippen molar-refractivity contribution in [2.24, 2.45) is 5.92 Å². The van der Waals surface area contributed by atoms with Crippen LogP contribution in [0, 0.1) is 5.92 Å². The van der Waals surface area contributed by atoms with Gasteiger partial charge in [0.25, 0.3) is 0 Å². The molecule has 2 aliphatic carbocycles. The molecular weight excluding hydrogens is 328 g/mol. The van der Waals surface area contributed by atoms with E-state index in [1.807, 2.05) is 11.0 Å². The van der Waals surface area contributed by atoms with Crippen molar-refractivity contribution in [2.75, 3.05) is 32.2 Å². The molecule has 0 unspecified atom stereocenters.